The fourth-order valence-corrected chi connectivity index (χ4v) is 4.31. The molecule has 0 aliphatic heterocycles. The summed E-state index contributed by atoms with van der Waals surface area (Å²) >= 11 is 1.57. The van der Waals surface area contributed by atoms with E-state index in [0.29, 0.717) is 11.9 Å². The van der Waals surface area contributed by atoms with E-state index in [1.54, 1.807) is 32.8 Å². The summed E-state index contributed by atoms with van der Waals surface area (Å²) in [6, 6.07) is 5.81. The Hall–Kier alpha value is -2.55. The molecule has 1 N–H and O–H groups in total. The zero-order valence-electron chi connectivity index (χ0n) is 15.7. The Kier molecular flexibility index (Phi) is 4.77. The normalized spacial score (nSPS) is 20.0. The average molecular weight is 385 g/mol. The Morgan fingerprint density at radius 1 is 1.07 bits per heavy atom. The van der Waals surface area contributed by atoms with Crippen LogP contribution in [0.25, 0.3) is 5.82 Å². The molecule has 3 aromatic heterocycles. The third kappa shape index (κ3) is 3.78. The molecule has 0 atom stereocenters. The third-order valence-electron chi connectivity index (χ3n) is 4.93. The molecule has 1 fully saturated rings. The van der Waals surface area contributed by atoms with Gasteiger partial charge in [-0.2, -0.15) is 5.10 Å². The summed E-state index contributed by atoms with van der Waals surface area (Å²) in [5.74, 6) is 0.685. The number of anilines is 1. The van der Waals surface area contributed by atoms with Gasteiger partial charge in [-0.25, -0.2) is 9.36 Å². The van der Waals surface area contributed by atoms with Crippen molar-refractivity contribution >= 4 is 16.5 Å². The maximum absolute atomic E-state index is 12.4. The van der Waals surface area contributed by atoms with Crippen molar-refractivity contribution < 1.29 is 0 Å². The second-order valence-electron chi connectivity index (χ2n) is 7.09. The monoisotopic (exact) mass is 385 g/mol. The van der Waals surface area contributed by atoms with Crippen LogP contribution in [0.5, 0.6) is 0 Å². The molecule has 142 valence electrons. The van der Waals surface area contributed by atoms with Gasteiger partial charge in [0.2, 0.25) is 5.13 Å². The molecular weight excluding hydrogens is 362 g/mol. The zero-order chi connectivity index (χ0) is 19.0. The van der Waals surface area contributed by atoms with E-state index in [9.17, 15) is 4.79 Å². The predicted molar refractivity (Wildman–Crippen MR) is 105 cm³/mol. The van der Waals surface area contributed by atoms with E-state index in [-0.39, 0.29) is 11.6 Å². The molecule has 0 bridgehead atoms. The van der Waals surface area contributed by atoms with Gasteiger partial charge in [0.1, 0.15) is 5.01 Å². The van der Waals surface area contributed by atoms with Gasteiger partial charge in [0, 0.05) is 17.8 Å². The van der Waals surface area contributed by atoms with E-state index in [1.165, 1.54) is 0 Å². The summed E-state index contributed by atoms with van der Waals surface area (Å²) < 4.78 is 3.42. The lowest BCUT2D eigenvalue weighted by Crippen LogP contribution is -2.33. The first kappa shape index (κ1) is 17.8. The highest BCUT2D eigenvalue weighted by molar-refractivity contribution is 7.15. The molecule has 0 spiro atoms. The molecule has 0 aromatic carbocycles. The highest BCUT2D eigenvalue weighted by atomic mass is 32.1. The molecule has 0 saturated heterocycles. The number of aromatic nitrogens is 6. The van der Waals surface area contributed by atoms with E-state index >= 15 is 0 Å². The van der Waals surface area contributed by atoms with E-state index in [1.807, 2.05) is 26.8 Å². The summed E-state index contributed by atoms with van der Waals surface area (Å²) in [4.78, 5) is 12.4. The first-order chi connectivity index (χ1) is 13.0. The fraction of sp³-hybridized carbons (Fsp3) is 0.500. The van der Waals surface area contributed by atoms with Crippen molar-refractivity contribution in [2.75, 3.05) is 5.32 Å². The van der Waals surface area contributed by atoms with E-state index in [2.05, 4.69) is 25.7 Å². The van der Waals surface area contributed by atoms with Gasteiger partial charge in [0.25, 0.3) is 5.56 Å². The molecule has 3 heterocycles. The van der Waals surface area contributed by atoms with Crippen molar-refractivity contribution in [1.82, 2.24) is 29.8 Å². The number of hydrogen-bond acceptors (Lipinski definition) is 7. The van der Waals surface area contributed by atoms with Crippen LogP contribution in [0, 0.1) is 20.8 Å². The maximum Gasteiger partial charge on any atom is 0.267 e. The molecule has 1 aliphatic carbocycles. The molecule has 1 saturated carbocycles. The molecule has 27 heavy (non-hydrogen) atoms. The van der Waals surface area contributed by atoms with E-state index in [4.69, 9.17) is 0 Å². The Bertz CT molecular complexity index is 997. The highest BCUT2D eigenvalue weighted by Gasteiger charge is 2.25. The quantitative estimate of drug-likeness (QED) is 0.743. The molecule has 0 radical (unpaired) electrons. The highest BCUT2D eigenvalue weighted by Crippen LogP contribution is 2.29. The Morgan fingerprint density at radius 3 is 2.48 bits per heavy atom. The lowest BCUT2D eigenvalue weighted by Gasteiger charge is -2.29. The zero-order valence-corrected chi connectivity index (χ0v) is 16.5. The van der Waals surface area contributed by atoms with Crippen LogP contribution in [0.1, 0.15) is 48.1 Å². The molecule has 1 aliphatic rings. The number of rotatable bonds is 4. The minimum atomic E-state index is -0.0589. The van der Waals surface area contributed by atoms with Crippen molar-refractivity contribution in [3.05, 3.63) is 44.9 Å². The summed E-state index contributed by atoms with van der Waals surface area (Å²) in [6.45, 7) is 5.89. The molecule has 4 rings (SSSR count). The van der Waals surface area contributed by atoms with Gasteiger partial charge in [0.05, 0.1) is 11.7 Å². The minimum Gasteiger partial charge on any atom is -0.357 e. The average Bonchev–Trinajstić information content (AvgIpc) is 3.21. The molecule has 3 aromatic rings. The number of hydrogen-bond donors (Lipinski definition) is 1. The SMILES string of the molecule is Cc1cc(C)n(-c2ccc(=O)n(C3CCC(Nc4nnc(C)s4)CC3)n2)n1. The van der Waals surface area contributed by atoms with Crippen molar-refractivity contribution in [2.24, 2.45) is 0 Å². The van der Waals surface area contributed by atoms with Crippen LogP contribution in [0.4, 0.5) is 5.13 Å². The maximum atomic E-state index is 12.4. The second kappa shape index (κ2) is 7.22. The molecule has 0 unspecified atom stereocenters. The lowest BCUT2D eigenvalue weighted by molar-refractivity contribution is 0.302. The summed E-state index contributed by atoms with van der Waals surface area (Å²) in [5.41, 5.74) is 1.88. The predicted octanol–water partition coefficient (Wildman–Crippen LogP) is 2.80. The first-order valence-electron chi connectivity index (χ1n) is 9.20. The molecular formula is C18H23N7OS. The number of aryl methyl sites for hydroxylation is 3. The topological polar surface area (TPSA) is 90.5 Å². The third-order valence-corrected chi connectivity index (χ3v) is 5.70. The van der Waals surface area contributed by atoms with Gasteiger partial charge in [-0.3, -0.25) is 4.79 Å². The summed E-state index contributed by atoms with van der Waals surface area (Å²) in [5, 5.41) is 22.6. The second-order valence-corrected chi connectivity index (χ2v) is 8.27. The van der Waals surface area contributed by atoms with Crippen molar-refractivity contribution in [2.45, 2.75) is 58.5 Å². The minimum absolute atomic E-state index is 0.0589. The van der Waals surface area contributed by atoms with Crippen molar-refractivity contribution in [3.8, 4) is 5.82 Å². The van der Waals surface area contributed by atoms with Gasteiger partial charge >= 0.3 is 0 Å². The van der Waals surface area contributed by atoms with Crippen LogP contribution in [0.15, 0.2) is 23.0 Å². The van der Waals surface area contributed by atoms with Crippen molar-refractivity contribution in [3.63, 3.8) is 0 Å². The fourth-order valence-electron chi connectivity index (χ4n) is 3.64. The van der Waals surface area contributed by atoms with Crippen LogP contribution in [-0.2, 0) is 0 Å². The summed E-state index contributed by atoms with van der Waals surface area (Å²) in [6.07, 6.45) is 3.76. The number of nitrogens with one attached hydrogen (secondary N) is 1. The first-order valence-corrected chi connectivity index (χ1v) is 10.0. The van der Waals surface area contributed by atoms with Crippen LogP contribution >= 0.6 is 11.3 Å². The molecule has 0 amide bonds. The van der Waals surface area contributed by atoms with Crippen LogP contribution < -0.4 is 10.9 Å². The Labute approximate surface area is 161 Å². The van der Waals surface area contributed by atoms with Gasteiger partial charge in [0.15, 0.2) is 5.82 Å². The van der Waals surface area contributed by atoms with Gasteiger partial charge in [-0.15, -0.1) is 15.3 Å². The Morgan fingerprint density at radius 2 is 1.85 bits per heavy atom. The van der Waals surface area contributed by atoms with Gasteiger partial charge < -0.3 is 5.32 Å². The van der Waals surface area contributed by atoms with Crippen LogP contribution in [0.3, 0.4) is 0 Å². The van der Waals surface area contributed by atoms with Gasteiger partial charge in [-0.1, -0.05) is 11.3 Å². The van der Waals surface area contributed by atoms with Crippen LogP contribution in [-0.4, -0.2) is 35.8 Å². The standard InChI is InChI=1S/C18H23N7OS/c1-11-10-12(2)24(22-11)16-8-9-17(26)25(23-16)15-6-4-14(5-7-15)19-18-21-20-13(3)27-18/h8-10,14-15H,4-7H2,1-3H3,(H,19,21). The summed E-state index contributed by atoms with van der Waals surface area (Å²) in [7, 11) is 0. The largest absolute Gasteiger partial charge is 0.357 e. The molecule has 8 nitrogen and oxygen atoms in total. The Balaban J connectivity index is 1.48. The van der Waals surface area contributed by atoms with Gasteiger partial charge in [-0.05, 0) is 58.6 Å². The van der Waals surface area contributed by atoms with Crippen LogP contribution in [0.2, 0.25) is 0 Å². The van der Waals surface area contributed by atoms with E-state index < -0.39 is 0 Å². The van der Waals surface area contributed by atoms with Crippen molar-refractivity contribution in [1.29, 1.82) is 0 Å². The smallest absolute Gasteiger partial charge is 0.267 e. The lowest BCUT2D eigenvalue weighted by atomic mass is 9.91. The van der Waals surface area contributed by atoms with E-state index in [0.717, 1.165) is 47.2 Å². The molecule has 9 heteroatoms. The number of nitrogens with zero attached hydrogens (tertiary/aromatic N) is 6.